The summed E-state index contributed by atoms with van der Waals surface area (Å²) in [5.74, 6) is -8.41. The molecule has 2 bridgehead atoms. The zero-order chi connectivity index (χ0) is 51.7. The minimum Gasteiger partial charge on any atom is -0.455 e. The quantitative estimate of drug-likeness (QED) is 0.157. The molecule has 10 atom stereocenters. The lowest BCUT2D eigenvalue weighted by Crippen LogP contribution is -2.79. The van der Waals surface area contributed by atoms with Crippen LogP contribution in [0.15, 0.2) is 84.1 Å². The highest BCUT2D eigenvalue weighted by Crippen LogP contribution is 2.64. The SMILES string of the molecule is [2H]C([2H])([2H])C(NC(=O)N[C@@H](c1ccccc1)[C@@H](O)C(=O)OC1=C(C)C2[C@@H](OC(C)=O)C(=O)[C@]3(C)C=C[C@H]4OC[C@@]4(OC(C)=O)C3C(OC(=O)c3ccccc3)[C@](O)(C1)C2(C)C)(C([2H])([2H])[2H])C([2H])([2H])[2H]. The Labute approximate surface area is 361 Å². The first kappa shape index (κ1) is 33.4. The number of esters is 4. The van der Waals surface area contributed by atoms with Crippen molar-refractivity contribution < 1.29 is 75.0 Å². The Morgan fingerprint density at radius 3 is 2.15 bits per heavy atom. The van der Waals surface area contributed by atoms with Gasteiger partial charge in [0, 0.05) is 49.5 Å². The molecular formula is C45H54N2O13. The van der Waals surface area contributed by atoms with Gasteiger partial charge in [-0.3, -0.25) is 14.4 Å². The maximum absolute atomic E-state index is 15.5. The summed E-state index contributed by atoms with van der Waals surface area (Å²) in [6, 6.07) is 11.0. The summed E-state index contributed by atoms with van der Waals surface area (Å²) in [4.78, 5) is 83.8. The summed E-state index contributed by atoms with van der Waals surface area (Å²) in [6.45, 7) is -3.87. The summed E-state index contributed by atoms with van der Waals surface area (Å²) in [7, 11) is 0. The molecule has 1 aliphatic heterocycles. The molecule has 4 aliphatic rings. The van der Waals surface area contributed by atoms with E-state index in [1.807, 2.05) is 0 Å². The maximum Gasteiger partial charge on any atom is 0.342 e. The fraction of sp³-hybridized carbons (Fsp3) is 0.511. The van der Waals surface area contributed by atoms with Crippen molar-refractivity contribution >= 4 is 35.7 Å². The molecule has 1 saturated heterocycles. The number of hydrogen-bond acceptors (Lipinski definition) is 13. The molecule has 0 spiro atoms. The van der Waals surface area contributed by atoms with E-state index < -0.39 is 138 Å². The van der Waals surface area contributed by atoms with Crippen molar-refractivity contribution in [2.24, 2.45) is 22.7 Å². The van der Waals surface area contributed by atoms with Gasteiger partial charge >= 0.3 is 29.9 Å². The fourth-order valence-corrected chi connectivity index (χ4v) is 9.37. The molecule has 322 valence electrons. The number of Topliss-reactive ketones (excluding diaryl/α,β-unsaturated/α-hetero) is 1. The number of ether oxygens (including phenoxy) is 5. The van der Waals surface area contributed by atoms with E-state index in [4.69, 9.17) is 36.0 Å². The molecule has 15 heteroatoms. The fourth-order valence-electron chi connectivity index (χ4n) is 9.37. The average molecular weight is 840 g/mol. The van der Waals surface area contributed by atoms with Crippen molar-refractivity contribution in [3.63, 3.8) is 0 Å². The number of urea groups is 1. The molecule has 1 heterocycles. The van der Waals surface area contributed by atoms with E-state index in [0.29, 0.717) is 0 Å². The Kier molecular flexibility index (Phi) is 8.84. The number of carbonyl (C=O) groups excluding carboxylic acids is 6. The first-order chi connectivity index (χ1) is 31.7. The van der Waals surface area contributed by atoms with E-state index in [-0.39, 0.29) is 23.3 Å². The number of hydrogen-bond donors (Lipinski definition) is 4. The van der Waals surface area contributed by atoms with Crippen LogP contribution in [0.1, 0.15) is 103 Å². The molecule has 15 nitrogen and oxygen atoms in total. The third-order valence-corrected chi connectivity index (χ3v) is 12.3. The molecule has 2 aromatic rings. The number of nitrogens with one attached hydrogen (secondary N) is 2. The maximum atomic E-state index is 15.5. The van der Waals surface area contributed by atoms with E-state index in [1.165, 1.54) is 82.3 Å². The summed E-state index contributed by atoms with van der Waals surface area (Å²) in [5, 5.41) is 29.2. The summed E-state index contributed by atoms with van der Waals surface area (Å²) in [5.41, 5.74) is -11.7. The molecule has 2 amide bonds. The van der Waals surface area contributed by atoms with Gasteiger partial charge in [-0.1, -0.05) is 74.5 Å². The first-order valence-electron chi connectivity index (χ1n) is 23.7. The molecular weight excluding hydrogens is 776 g/mol. The van der Waals surface area contributed by atoms with E-state index in [0.717, 1.165) is 13.8 Å². The number of allylic oxidation sites excluding steroid dienone is 1. The Morgan fingerprint density at radius 1 is 0.950 bits per heavy atom. The second kappa shape index (κ2) is 15.9. The van der Waals surface area contributed by atoms with Crippen LogP contribution in [-0.2, 0) is 42.9 Å². The predicted octanol–water partition coefficient (Wildman–Crippen LogP) is 4.41. The topological polar surface area (TPSA) is 213 Å². The predicted molar refractivity (Wildman–Crippen MR) is 213 cm³/mol. The zero-order valence-corrected chi connectivity index (χ0v) is 33.8. The van der Waals surface area contributed by atoms with Gasteiger partial charge in [-0.2, -0.15) is 0 Å². The van der Waals surface area contributed by atoms with Gasteiger partial charge in [0.1, 0.15) is 23.6 Å². The number of carbonyl (C=O) groups is 6. The van der Waals surface area contributed by atoms with Crippen molar-refractivity contribution in [3.8, 4) is 0 Å². The van der Waals surface area contributed by atoms with Crippen LogP contribution in [0.25, 0.3) is 0 Å². The highest BCUT2D eigenvalue weighted by Gasteiger charge is 2.76. The highest BCUT2D eigenvalue weighted by atomic mass is 16.6. The van der Waals surface area contributed by atoms with Crippen LogP contribution in [0, 0.1) is 22.7 Å². The zero-order valence-electron chi connectivity index (χ0n) is 42.8. The molecule has 4 N–H and O–H groups in total. The largest absolute Gasteiger partial charge is 0.455 e. The number of ketones is 1. The van der Waals surface area contributed by atoms with E-state index in [9.17, 15) is 34.2 Å². The van der Waals surface area contributed by atoms with E-state index >= 15 is 4.79 Å². The minimum absolute atomic E-state index is 0.0206. The minimum atomic E-state index is -3.87. The molecule has 60 heavy (non-hydrogen) atoms. The van der Waals surface area contributed by atoms with Gasteiger partial charge in [0.25, 0.3) is 0 Å². The van der Waals surface area contributed by atoms with Gasteiger partial charge in [-0.05, 0) is 57.7 Å². The van der Waals surface area contributed by atoms with Crippen molar-refractivity contribution in [1.29, 1.82) is 0 Å². The number of fused-ring (bicyclic) bond motifs is 5. The highest BCUT2D eigenvalue weighted by molar-refractivity contribution is 5.94. The number of rotatable bonds is 9. The van der Waals surface area contributed by atoms with Gasteiger partial charge in [-0.25, -0.2) is 14.4 Å². The third-order valence-electron chi connectivity index (χ3n) is 12.3. The van der Waals surface area contributed by atoms with Crippen molar-refractivity contribution in [2.45, 2.75) is 116 Å². The van der Waals surface area contributed by atoms with E-state index in [2.05, 4.69) is 5.32 Å². The molecule has 3 aliphatic carbocycles. The van der Waals surface area contributed by atoms with Crippen LogP contribution in [0.2, 0.25) is 0 Å². The average Bonchev–Trinajstić information content (AvgIpc) is 3.22. The molecule has 0 aromatic heterocycles. The molecule has 2 fully saturated rings. The van der Waals surface area contributed by atoms with Gasteiger partial charge in [0.15, 0.2) is 23.6 Å². The number of amides is 2. The monoisotopic (exact) mass is 839 g/mol. The number of benzene rings is 2. The molecule has 3 unspecified atom stereocenters. The first-order valence-corrected chi connectivity index (χ1v) is 19.2. The summed E-state index contributed by atoms with van der Waals surface area (Å²) >= 11 is 0. The van der Waals surface area contributed by atoms with Crippen LogP contribution in [0.5, 0.6) is 0 Å². The Hall–Kier alpha value is -5.38. The van der Waals surface area contributed by atoms with Gasteiger partial charge < -0.3 is 44.5 Å². The molecule has 1 saturated carbocycles. The summed E-state index contributed by atoms with van der Waals surface area (Å²) < 4.78 is 101. The summed E-state index contributed by atoms with van der Waals surface area (Å²) in [6.07, 6.45) is -4.93. The Balaban J connectivity index is 1.50. The second-order valence-corrected chi connectivity index (χ2v) is 16.5. The number of aliphatic hydroxyl groups is 2. The second-order valence-electron chi connectivity index (χ2n) is 16.5. The van der Waals surface area contributed by atoms with Gasteiger partial charge in [-0.15, -0.1) is 0 Å². The Morgan fingerprint density at radius 2 is 1.58 bits per heavy atom. The van der Waals surface area contributed by atoms with Crippen LogP contribution in [0.3, 0.4) is 0 Å². The van der Waals surface area contributed by atoms with Crippen molar-refractivity contribution in [2.75, 3.05) is 6.61 Å². The number of aliphatic hydroxyl groups excluding tert-OH is 1. The normalized spacial score (nSPS) is 34.2. The smallest absolute Gasteiger partial charge is 0.342 e. The van der Waals surface area contributed by atoms with Crippen molar-refractivity contribution in [1.82, 2.24) is 10.6 Å². The standard InChI is InChI=1S/C45H54N2O13/c1-24-29(58-39(53)33(50)32(27-16-12-10-13-17-27)46-40(54)47-41(4,5)6)22-45(55)37(59-38(52)28-18-14-11-15-19-28)35-43(9,21-20-30-44(35,23-56-30)60-26(3)49)36(51)34(57-25(2)48)31(24)42(45,7)8/h10-21,30-35,37,50,55H,22-23H2,1-9H3,(H2,46,47,54)/t30-,31?,32+,33-,34-,35?,37?,43-,44+,45-/m1/s1/i4D3,5D3,6D3. The van der Waals surface area contributed by atoms with Crippen LogP contribution in [0.4, 0.5) is 4.79 Å². The van der Waals surface area contributed by atoms with Crippen LogP contribution < -0.4 is 10.6 Å². The lowest BCUT2D eigenvalue weighted by Gasteiger charge is -2.65. The third kappa shape index (κ3) is 7.74. The van der Waals surface area contributed by atoms with Gasteiger partial charge in [0.05, 0.1) is 29.5 Å². The van der Waals surface area contributed by atoms with Crippen molar-refractivity contribution in [3.05, 3.63) is 95.3 Å². The molecule has 0 radical (unpaired) electrons. The Bertz CT molecular complexity index is 2410. The van der Waals surface area contributed by atoms with Crippen LogP contribution >= 0.6 is 0 Å². The lowest BCUT2D eigenvalue weighted by atomic mass is 9.45. The van der Waals surface area contributed by atoms with E-state index in [1.54, 1.807) is 23.5 Å². The molecule has 2 aromatic carbocycles. The molecule has 6 rings (SSSR count). The van der Waals surface area contributed by atoms with Crippen LogP contribution in [-0.4, -0.2) is 93.7 Å². The lowest BCUT2D eigenvalue weighted by molar-refractivity contribution is -0.311. The van der Waals surface area contributed by atoms with Gasteiger partial charge in [0.2, 0.25) is 0 Å².